The number of rotatable bonds is 7. The Kier molecular flexibility index (Phi) is 6.42. The van der Waals surface area contributed by atoms with Crippen molar-refractivity contribution < 1.29 is 9.50 Å². The summed E-state index contributed by atoms with van der Waals surface area (Å²) in [5.74, 6) is -0.220. The van der Waals surface area contributed by atoms with E-state index in [-0.39, 0.29) is 30.5 Å². The van der Waals surface area contributed by atoms with Gasteiger partial charge in [0.2, 0.25) is 0 Å². The normalized spacial score (nSPS) is 16.4. The molecule has 0 radical (unpaired) electrons. The molecule has 1 aromatic rings. The molecule has 0 saturated heterocycles. The molecule has 3 atom stereocenters. The van der Waals surface area contributed by atoms with Gasteiger partial charge in [0.25, 0.3) is 0 Å². The van der Waals surface area contributed by atoms with Crippen LogP contribution in [0.1, 0.15) is 38.3 Å². The fraction of sp³-hybridized carbons (Fsp3) is 0.600. The molecule has 1 aromatic carbocycles. The lowest BCUT2D eigenvalue weighted by Crippen LogP contribution is -2.49. The first-order chi connectivity index (χ1) is 9.02. The number of aliphatic hydroxyl groups is 1. The molecule has 0 bridgehead atoms. The molecule has 0 amide bonds. The number of hydrogen-bond acceptors (Lipinski definition) is 3. The Morgan fingerprint density at radius 3 is 2.53 bits per heavy atom. The molecule has 0 fully saturated rings. The van der Waals surface area contributed by atoms with Gasteiger partial charge in [0.15, 0.2) is 0 Å². The van der Waals surface area contributed by atoms with Crippen molar-refractivity contribution in [3.63, 3.8) is 0 Å². The van der Waals surface area contributed by atoms with Crippen molar-refractivity contribution in [1.29, 1.82) is 0 Å². The van der Waals surface area contributed by atoms with Crippen molar-refractivity contribution in [2.75, 3.05) is 13.7 Å². The van der Waals surface area contributed by atoms with Crippen LogP contribution in [0.5, 0.6) is 0 Å². The van der Waals surface area contributed by atoms with E-state index in [1.54, 1.807) is 12.1 Å². The Balaban J connectivity index is 2.85. The summed E-state index contributed by atoms with van der Waals surface area (Å²) in [5, 5.41) is 9.54. The highest BCUT2D eigenvalue weighted by Gasteiger charge is 2.26. The van der Waals surface area contributed by atoms with Crippen molar-refractivity contribution in [2.45, 2.75) is 44.8 Å². The average Bonchev–Trinajstić information content (AvgIpc) is 2.39. The molecule has 3 nitrogen and oxygen atoms in total. The molecule has 0 spiro atoms. The maximum absolute atomic E-state index is 13.8. The second-order valence-corrected chi connectivity index (χ2v) is 5.07. The molecule has 0 heterocycles. The number of nitrogens with two attached hydrogens (primary N) is 1. The fourth-order valence-corrected chi connectivity index (χ4v) is 2.41. The molecule has 0 aromatic heterocycles. The molecule has 19 heavy (non-hydrogen) atoms. The number of halogens is 1. The molecule has 0 saturated carbocycles. The Hall–Kier alpha value is -0.970. The highest BCUT2D eigenvalue weighted by Crippen LogP contribution is 2.24. The maximum Gasteiger partial charge on any atom is 0.127 e. The largest absolute Gasteiger partial charge is 0.395 e. The first-order valence-electron chi connectivity index (χ1n) is 6.85. The van der Waals surface area contributed by atoms with Crippen molar-refractivity contribution in [3.8, 4) is 0 Å². The third kappa shape index (κ3) is 4.00. The number of hydrogen-bond donors (Lipinski definition) is 2. The third-order valence-electron chi connectivity index (χ3n) is 3.79. The van der Waals surface area contributed by atoms with Crippen LogP contribution in [0.3, 0.4) is 0 Å². The van der Waals surface area contributed by atoms with Crippen molar-refractivity contribution in [2.24, 2.45) is 5.73 Å². The zero-order chi connectivity index (χ0) is 14.4. The summed E-state index contributed by atoms with van der Waals surface area (Å²) in [6.07, 6.45) is 1.82. The number of benzene rings is 1. The third-order valence-corrected chi connectivity index (χ3v) is 3.79. The van der Waals surface area contributed by atoms with Crippen LogP contribution in [-0.2, 0) is 0 Å². The van der Waals surface area contributed by atoms with Crippen molar-refractivity contribution in [3.05, 3.63) is 35.6 Å². The molecular formula is C15H25FN2O. The summed E-state index contributed by atoms with van der Waals surface area (Å²) in [6, 6.07) is 6.35. The van der Waals surface area contributed by atoms with Gasteiger partial charge in [-0.1, -0.05) is 31.5 Å². The van der Waals surface area contributed by atoms with Crippen LogP contribution in [-0.4, -0.2) is 35.7 Å². The van der Waals surface area contributed by atoms with E-state index in [0.717, 1.165) is 12.8 Å². The van der Waals surface area contributed by atoms with Crippen LogP contribution in [0.15, 0.2) is 24.3 Å². The standard InChI is InChI=1S/C15H25FN2O/c1-4-7-14(17)15(10-19)18(3)11(2)12-8-5-6-9-13(12)16/h5-6,8-9,11,14-15,19H,4,7,10,17H2,1-3H3. The number of aliphatic hydroxyl groups excluding tert-OH is 1. The van der Waals surface area contributed by atoms with Crippen molar-refractivity contribution in [1.82, 2.24) is 4.90 Å². The summed E-state index contributed by atoms with van der Waals surface area (Å²) in [4.78, 5) is 1.96. The van der Waals surface area contributed by atoms with Crippen LogP contribution >= 0.6 is 0 Å². The molecule has 0 aliphatic heterocycles. The summed E-state index contributed by atoms with van der Waals surface area (Å²) in [6.45, 7) is 3.98. The lowest BCUT2D eigenvalue weighted by Gasteiger charge is -2.36. The minimum absolute atomic E-state index is 0.0174. The van der Waals surface area contributed by atoms with Gasteiger partial charge >= 0.3 is 0 Å². The second kappa shape index (κ2) is 7.58. The molecule has 3 N–H and O–H groups in total. The van der Waals surface area contributed by atoms with Gasteiger partial charge in [0.1, 0.15) is 5.82 Å². The van der Waals surface area contributed by atoms with Gasteiger partial charge in [-0.25, -0.2) is 4.39 Å². The van der Waals surface area contributed by atoms with Gasteiger partial charge in [-0.3, -0.25) is 4.90 Å². The van der Waals surface area contributed by atoms with Crippen LogP contribution in [0.4, 0.5) is 4.39 Å². The van der Waals surface area contributed by atoms with E-state index in [2.05, 4.69) is 6.92 Å². The van der Waals surface area contributed by atoms with Gasteiger partial charge in [0, 0.05) is 23.7 Å². The summed E-state index contributed by atoms with van der Waals surface area (Å²) in [5.41, 5.74) is 6.73. The Bertz CT molecular complexity index is 386. The predicted octanol–water partition coefficient (Wildman–Crippen LogP) is 2.31. The Morgan fingerprint density at radius 1 is 1.37 bits per heavy atom. The highest BCUT2D eigenvalue weighted by atomic mass is 19.1. The number of likely N-dealkylation sites (N-methyl/N-ethyl adjacent to an activating group) is 1. The lowest BCUT2D eigenvalue weighted by molar-refractivity contribution is 0.0928. The van der Waals surface area contributed by atoms with Crippen LogP contribution < -0.4 is 5.73 Å². The topological polar surface area (TPSA) is 49.5 Å². The van der Waals surface area contributed by atoms with E-state index >= 15 is 0 Å². The van der Waals surface area contributed by atoms with Gasteiger partial charge in [-0.05, 0) is 26.5 Å². The zero-order valence-electron chi connectivity index (χ0n) is 12.0. The summed E-state index contributed by atoms with van der Waals surface area (Å²) < 4.78 is 13.8. The van der Waals surface area contributed by atoms with E-state index in [9.17, 15) is 9.50 Å². The van der Waals surface area contributed by atoms with Crippen LogP contribution in [0.2, 0.25) is 0 Å². The molecule has 4 heteroatoms. The van der Waals surface area contributed by atoms with E-state index in [4.69, 9.17) is 5.73 Å². The SMILES string of the molecule is CCCC(N)C(CO)N(C)C(C)c1ccccc1F. The summed E-state index contributed by atoms with van der Waals surface area (Å²) in [7, 11) is 1.88. The van der Waals surface area contributed by atoms with Crippen LogP contribution in [0.25, 0.3) is 0 Å². The fourth-order valence-electron chi connectivity index (χ4n) is 2.41. The average molecular weight is 268 g/mol. The quantitative estimate of drug-likeness (QED) is 0.798. The molecule has 0 aliphatic carbocycles. The van der Waals surface area contributed by atoms with Gasteiger partial charge < -0.3 is 10.8 Å². The minimum atomic E-state index is -0.220. The van der Waals surface area contributed by atoms with E-state index < -0.39 is 0 Å². The minimum Gasteiger partial charge on any atom is -0.395 e. The molecule has 108 valence electrons. The zero-order valence-corrected chi connectivity index (χ0v) is 12.0. The van der Waals surface area contributed by atoms with Gasteiger partial charge in [0.05, 0.1) is 6.61 Å². The summed E-state index contributed by atoms with van der Waals surface area (Å²) >= 11 is 0. The van der Waals surface area contributed by atoms with Crippen molar-refractivity contribution >= 4 is 0 Å². The van der Waals surface area contributed by atoms with E-state index in [1.165, 1.54) is 6.07 Å². The molecular weight excluding hydrogens is 243 g/mol. The highest BCUT2D eigenvalue weighted by molar-refractivity contribution is 5.20. The monoisotopic (exact) mass is 268 g/mol. The Morgan fingerprint density at radius 2 is 2.00 bits per heavy atom. The molecule has 1 rings (SSSR count). The van der Waals surface area contributed by atoms with Gasteiger partial charge in [-0.2, -0.15) is 0 Å². The second-order valence-electron chi connectivity index (χ2n) is 5.07. The first kappa shape index (κ1) is 16.1. The Labute approximate surface area is 115 Å². The smallest absolute Gasteiger partial charge is 0.127 e. The van der Waals surface area contributed by atoms with E-state index in [1.807, 2.05) is 24.9 Å². The van der Waals surface area contributed by atoms with Crippen LogP contribution in [0, 0.1) is 5.82 Å². The molecule has 0 aliphatic rings. The predicted molar refractivity (Wildman–Crippen MR) is 76.3 cm³/mol. The maximum atomic E-state index is 13.8. The van der Waals surface area contributed by atoms with Gasteiger partial charge in [-0.15, -0.1) is 0 Å². The lowest BCUT2D eigenvalue weighted by atomic mass is 9.99. The van der Waals surface area contributed by atoms with E-state index in [0.29, 0.717) is 5.56 Å². The first-order valence-corrected chi connectivity index (χ1v) is 6.85. The number of nitrogens with zero attached hydrogens (tertiary/aromatic N) is 1. The molecule has 3 unspecified atom stereocenters.